The minimum absolute atomic E-state index is 0.227. The van der Waals surface area contributed by atoms with Crippen LogP contribution in [-0.4, -0.2) is 25.8 Å². The third kappa shape index (κ3) is 2.53. The first kappa shape index (κ1) is 13.7. The lowest BCUT2D eigenvalue weighted by Gasteiger charge is -2.07. The Labute approximate surface area is 119 Å². The summed E-state index contributed by atoms with van der Waals surface area (Å²) < 4.78 is 2.57. The molecule has 100 valence electrons. The van der Waals surface area contributed by atoms with E-state index in [2.05, 4.69) is 26.0 Å². The first-order valence-electron chi connectivity index (χ1n) is 5.90. The van der Waals surface area contributed by atoms with E-state index < -0.39 is 5.97 Å². The van der Waals surface area contributed by atoms with Gasteiger partial charge in [0.15, 0.2) is 5.82 Å². The van der Waals surface area contributed by atoms with Crippen LogP contribution in [0.15, 0.2) is 16.6 Å². The number of carboxylic acid groups (broad SMARTS) is 1. The Balaban J connectivity index is 2.64. The van der Waals surface area contributed by atoms with Crippen LogP contribution < -0.4 is 0 Å². The highest BCUT2D eigenvalue weighted by Gasteiger charge is 2.14. The van der Waals surface area contributed by atoms with Gasteiger partial charge >= 0.3 is 5.97 Å². The lowest BCUT2D eigenvalue weighted by atomic mass is 10.2. The maximum absolute atomic E-state index is 11.1. The van der Waals surface area contributed by atoms with Crippen molar-refractivity contribution in [3.8, 4) is 5.82 Å². The van der Waals surface area contributed by atoms with Crippen molar-refractivity contribution < 1.29 is 9.90 Å². The van der Waals surface area contributed by atoms with Crippen molar-refractivity contribution >= 4 is 21.9 Å². The van der Waals surface area contributed by atoms with Crippen molar-refractivity contribution in [1.82, 2.24) is 14.8 Å². The third-order valence-corrected chi connectivity index (χ3v) is 4.04. The Kier molecular flexibility index (Phi) is 3.71. The highest BCUT2D eigenvalue weighted by Crippen LogP contribution is 2.23. The predicted octanol–water partition coefficient (Wildman–Crippen LogP) is 2.91. The monoisotopic (exact) mass is 323 g/mol. The third-order valence-electron chi connectivity index (χ3n) is 2.89. The lowest BCUT2D eigenvalue weighted by molar-refractivity contribution is 0.0696. The number of rotatable bonds is 3. The average Bonchev–Trinajstić information content (AvgIpc) is 2.66. The van der Waals surface area contributed by atoms with Gasteiger partial charge in [0.25, 0.3) is 0 Å². The van der Waals surface area contributed by atoms with Crippen LogP contribution in [-0.2, 0) is 6.42 Å². The molecule has 0 saturated carbocycles. The zero-order valence-corrected chi connectivity index (χ0v) is 12.5. The van der Waals surface area contributed by atoms with Gasteiger partial charge in [-0.25, -0.2) is 14.5 Å². The number of pyridine rings is 1. The first-order valence-corrected chi connectivity index (χ1v) is 6.69. The Morgan fingerprint density at radius 3 is 2.58 bits per heavy atom. The van der Waals surface area contributed by atoms with Gasteiger partial charge < -0.3 is 5.11 Å². The number of carbonyl (C=O) groups is 1. The maximum Gasteiger partial charge on any atom is 0.335 e. The summed E-state index contributed by atoms with van der Waals surface area (Å²) in [6.45, 7) is 5.73. The molecule has 0 spiro atoms. The van der Waals surface area contributed by atoms with Crippen LogP contribution in [0.1, 0.15) is 34.4 Å². The van der Waals surface area contributed by atoms with E-state index in [1.165, 1.54) is 6.07 Å². The molecule has 2 rings (SSSR count). The summed E-state index contributed by atoms with van der Waals surface area (Å²) in [7, 11) is 0. The summed E-state index contributed by atoms with van der Waals surface area (Å²) in [5.74, 6) is -0.429. The minimum atomic E-state index is -0.959. The molecular weight excluding hydrogens is 310 g/mol. The van der Waals surface area contributed by atoms with Gasteiger partial charge in [-0.1, -0.05) is 6.92 Å². The molecule has 0 aromatic carbocycles. The molecule has 0 aliphatic heterocycles. The molecule has 0 unspecified atom stereocenters. The second-order valence-electron chi connectivity index (χ2n) is 4.26. The van der Waals surface area contributed by atoms with Crippen LogP contribution in [0.3, 0.4) is 0 Å². The summed E-state index contributed by atoms with van der Waals surface area (Å²) in [4.78, 5) is 15.6. The number of aromatic nitrogens is 3. The van der Waals surface area contributed by atoms with Crippen molar-refractivity contribution in [2.45, 2.75) is 27.2 Å². The SMILES string of the molecule is CCc1cc(C(=O)O)cc(-n2nc(C)c(Br)c2C)n1. The van der Waals surface area contributed by atoms with Crippen LogP contribution in [0, 0.1) is 13.8 Å². The molecular formula is C13H14BrN3O2. The van der Waals surface area contributed by atoms with Crippen LogP contribution in [0.4, 0.5) is 0 Å². The van der Waals surface area contributed by atoms with Gasteiger partial charge in [0.2, 0.25) is 0 Å². The first-order chi connectivity index (χ1) is 8.93. The van der Waals surface area contributed by atoms with Crippen molar-refractivity contribution in [1.29, 1.82) is 0 Å². The van der Waals surface area contributed by atoms with Crippen LogP contribution in [0.25, 0.3) is 5.82 Å². The topological polar surface area (TPSA) is 68.0 Å². The van der Waals surface area contributed by atoms with Gasteiger partial charge in [0.05, 0.1) is 21.4 Å². The molecule has 19 heavy (non-hydrogen) atoms. The molecule has 0 atom stereocenters. The zero-order chi connectivity index (χ0) is 14.2. The number of aromatic carboxylic acids is 1. The molecule has 0 radical (unpaired) electrons. The number of hydrogen-bond acceptors (Lipinski definition) is 3. The summed E-state index contributed by atoms with van der Waals surface area (Å²) in [5.41, 5.74) is 2.71. The molecule has 0 amide bonds. The molecule has 0 saturated heterocycles. The van der Waals surface area contributed by atoms with E-state index in [1.54, 1.807) is 10.7 Å². The highest BCUT2D eigenvalue weighted by atomic mass is 79.9. The number of hydrogen-bond donors (Lipinski definition) is 1. The standard InChI is InChI=1S/C13H14BrN3O2/c1-4-10-5-9(13(18)19)6-11(15-10)17-8(3)12(14)7(2)16-17/h5-6H,4H2,1-3H3,(H,18,19). The van der Waals surface area contributed by atoms with Gasteiger partial charge in [-0.15, -0.1) is 0 Å². The normalized spacial score (nSPS) is 10.7. The van der Waals surface area contributed by atoms with E-state index in [0.29, 0.717) is 12.2 Å². The highest BCUT2D eigenvalue weighted by molar-refractivity contribution is 9.10. The summed E-state index contributed by atoms with van der Waals surface area (Å²) >= 11 is 3.45. The Morgan fingerprint density at radius 1 is 1.42 bits per heavy atom. The van der Waals surface area contributed by atoms with E-state index in [1.807, 2.05) is 20.8 Å². The molecule has 0 aliphatic rings. The Bertz CT molecular complexity index is 650. The zero-order valence-electron chi connectivity index (χ0n) is 10.9. The molecule has 0 aliphatic carbocycles. The van der Waals surface area contributed by atoms with E-state index in [9.17, 15) is 4.79 Å². The largest absolute Gasteiger partial charge is 0.478 e. The van der Waals surface area contributed by atoms with Crippen LogP contribution >= 0.6 is 15.9 Å². The quantitative estimate of drug-likeness (QED) is 0.943. The van der Waals surface area contributed by atoms with E-state index in [0.717, 1.165) is 21.6 Å². The fraction of sp³-hybridized carbons (Fsp3) is 0.308. The number of aryl methyl sites for hydroxylation is 2. The van der Waals surface area contributed by atoms with Gasteiger partial charge in [-0.2, -0.15) is 5.10 Å². The van der Waals surface area contributed by atoms with Crippen molar-refractivity contribution in [3.05, 3.63) is 39.3 Å². The van der Waals surface area contributed by atoms with E-state index in [-0.39, 0.29) is 5.56 Å². The summed E-state index contributed by atoms with van der Waals surface area (Å²) in [5, 5.41) is 13.5. The number of halogens is 1. The molecule has 2 aromatic rings. The van der Waals surface area contributed by atoms with Gasteiger partial charge in [0.1, 0.15) is 0 Å². The van der Waals surface area contributed by atoms with Crippen LogP contribution in [0.5, 0.6) is 0 Å². The summed E-state index contributed by atoms with van der Waals surface area (Å²) in [6, 6.07) is 3.12. The lowest BCUT2D eigenvalue weighted by Crippen LogP contribution is -2.07. The second-order valence-corrected chi connectivity index (χ2v) is 5.05. The molecule has 6 heteroatoms. The molecule has 2 aromatic heterocycles. The average molecular weight is 324 g/mol. The Morgan fingerprint density at radius 2 is 2.11 bits per heavy atom. The Hall–Kier alpha value is -1.69. The van der Waals surface area contributed by atoms with Gasteiger partial charge in [-0.3, -0.25) is 0 Å². The van der Waals surface area contributed by atoms with Crippen LogP contribution in [0.2, 0.25) is 0 Å². The summed E-state index contributed by atoms with van der Waals surface area (Å²) in [6.07, 6.45) is 0.675. The fourth-order valence-electron chi connectivity index (χ4n) is 1.83. The number of nitrogens with zero attached hydrogens (tertiary/aromatic N) is 3. The second kappa shape index (κ2) is 5.13. The van der Waals surface area contributed by atoms with E-state index >= 15 is 0 Å². The van der Waals surface area contributed by atoms with E-state index in [4.69, 9.17) is 5.11 Å². The van der Waals surface area contributed by atoms with Crippen molar-refractivity contribution in [3.63, 3.8) is 0 Å². The van der Waals surface area contributed by atoms with Crippen molar-refractivity contribution in [2.75, 3.05) is 0 Å². The molecule has 0 bridgehead atoms. The van der Waals surface area contributed by atoms with Crippen molar-refractivity contribution in [2.24, 2.45) is 0 Å². The maximum atomic E-state index is 11.1. The minimum Gasteiger partial charge on any atom is -0.478 e. The van der Waals surface area contributed by atoms with Gasteiger partial charge in [0, 0.05) is 5.69 Å². The molecule has 2 heterocycles. The molecule has 5 nitrogen and oxygen atoms in total. The van der Waals surface area contributed by atoms with Gasteiger partial charge in [-0.05, 0) is 48.3 Å². The molecule has 0 fully saturated rings. The fourth-order valence-corrected chi connectivity index (χ4v) is 2.08. The molecule has 1 N–H and O–H groups in total. The smallest absolute Gasteiger partial charge is 0.335 e. The predicted molar refractivity (Wildman–Crippen MR) is 74.9 cm³/mol. The number of carboxylic acids is 1.